The smallest absolute Gasteiger partial charge is 0.131 e. The summed E-state index contributed by atoms with van der Waals surface area (Å²) in [4.78, 5) is 0. The lowest BCUT2D eigenvalue weighted by Gasteiger charge is -2.37. The largest absolute Gasteiger partial charge is 0.206 e. The zero-order valence-electron chi connectivity index (χ0n) is 16.7. The predicted octanol–water partition coefficient (Wildman–Crippen LogP) is 7.82. The van der Waals surface area contributed by atoms with E-state index in [2.05, 4.69) is 19.9 Å². The summed E-state index contributed by atoms with van der Waals surface area (Å²) in [6.07, 6.45) is 10.3. The lowest BCUT2D eigenvalue weighted by atomic mass is 9.68. The molecule has 0 N–H and O–H groups in total. The second kappa shape index (κ2) is 8.17. The maximum absolute atomic E-state index is 14.8. The molecule has 1 heteroatoms. The third-order valence-corrected chi connectivity index (χ3v) is 6.87. The van der Waals surface area contributed by atoms with Gasteiger partial charge in [0.15, 0.2) is 0 Å². The molecule has 0 bridgehead atoms. The highest BCUT2D eigenvalue weighted by atomic mass is 19.1. The Bertz CT molecular complexity index is 744. The summed E-state index contributed by atoms with van der Waals surface area (Å²) < 4.78 is 14.8. The van der Waals surface area contributed by atoms with Crippen LogP contribution in [0, 0.1) is 30.5 Å². The highest BCUT2D eigenvalue weighted by Crippen LogP contribution is 2.45. The Kier molecular flexibility index (Phi) is 5.66. The summed E-state index contributed by atoms with van der Waals surface area (Å²) in [6.45, 7) is 4.37. The van der Waals surface area contributed by atoms with E-state index in [1.807, 2.05) is 30.3 Å². The molecule has 0 aliphatic heterocycles. The zero-order valence-corrected chi connectivity index (χ0v) is 16.7. The maximum Gasteiger partial charge on any atom is 0.131 e. The molecule has 0 heterocycles. The zero-order chi connectivity index (χ0) is 18.8. The molecular weight excluding hydrogens is 331 g/mol. The Labute approximate surface area is 164 Å². The van der Waals surface area contributed by atoms with Crippen LogP contribution in [0.25, 0.3) is 11.1 Å². The molecule has 2 aromatic carbocycles. The molecule has 142 valence electrons. The summed E-state index contributed by atoms with van der Waals surface area (Å²) in [6, 6.07) is 14.1. The van der Waals surface area contributed by atoms with Gasteiger partial charge in [-0.3, -0.25) is 0 Å². The molecule has 2 aromatic rings. The first-order valence-corrected chi connectivity index (χ1v) is 10.6. The Balaban J connectivity index is 1.40. The fourth-order valence-electron chi connectivity index (χ4n) is 5.00. The first-order valence-electron chi connectivity index (χ1n) is 10.6. The van der Waals surface area contributed by atoms with E-state index in [0.29, 0.717) is 5.92 Å². The van der Waals surface area contributed by atoms with Crippen molar-refractivity contribution in [3.8, 4) is 11.1 Å². The Morgan fingerprint density at radius 3 is 2.00 bits per heavy atom. The molecule has 4 rings (SSSR count). The van der Waals surface area contributed by atoms with Gasteiger partial charge in [-0.2, -0.15) is 0 Å². The van der Waals surface area contributed by atoms with Crippen LogP contribution < -0.4 is 0 Å². The van der Waals surface area contributed by atoms with Gasteiger partial charge in [0.25, 0.3) is 0 Å². The van der Waals surface area contributed by atoms with E-state index in [9.17, 15) is 4.39 Å². The predicted molar refractivity (Wildman–Crippen MR) is 112 cm³/mol. The summed E-state index contributed by atoms with van der Waals surface area (Å²) >= 11 is 0. The standard InChI is InChI=1S/C26H31F/c1-18-3-7-20(8-4-18)21-11-13-22(14-12-21)24-15-16-25(26(27)17-24)23-9-5-19(2)6-10-23/h5-6,9-10,15-17,20,22H,3-4,7-8,11-14H2,1-2H3. The SMILES string of the molecule is C[C]1CCC([C]2CCC(c3ccc(-c4ccc(C)cc4)c(F)c3)CC2)CC1. The molecule has 2 aliphatic carbocycles. The topological polar surface area (TPSA) is 0 Å². The molecular formula is C26H31F. The van der Waals surface area contributed by atoms with Crippen molar-refractivity contribution >= 4 is 0 Å². The Hall–Kier alpha value is -1.63. The number of halogens is 1. The lowest BCUT2D eigenvalue weighted by molar-refractivity contribution is 0.324. The van der Waals surface area contributed by atoms with Crippen LogP contribution in [0.5, 0.6) is 0 Å². The van der Waals surface area contributed by atoms with Gasteiger partial charge >= 0.3 is 0 Å². The number of benzene rings is 2. The lowest BCUT2D eigenvalue weighted by Crippen LogP contribution is -2.22. The van der Waals surface area contributed by atoms with Gasteiger partial charge in [-0.05, 0) is 99.2 Å². The maximum atomic E-state index is 14.8. The minimum absolute atomic E-state index is 0.0792. The van der Waals surface area contributed by atoms with E-state index < -0.39 is 0 Å². The number of hydrogen-bond donors (Lipinski definition) is 0. The van der Waals surface area contributed by atoms with Crippen molar-refractivity contribution in [2.75, 3.05) is 0 Å². The van der Waals surface area contributed by atoms with Crippen LogP contribution in [0.1, 0.15) is 75.3 Å². The quantitative estimate of drug-likeness (QED) is 0.522. The van der Waals surface area contributed by atoms with E-state index >= 15 is 0 Å². The van der Waals surface area contributed by atoms with Gasteiger partial charge in [0.1, 0.15) is 5.82 Å². The van der Waals surface area contributed by atoms with E-state index in [4.69, 9.17) is 0 Å². The van der Waals surface area contributed by atoms with E-state index in [0.717, 1.165) is 17.0 Å². The molecule has 0 saturated heterocycles. The second-order valence-corrected chi connectivity index (χ2v) is 8.77. The molecule has 0 spiro atoms. The molecule has 0 nitrogen and oxygen atoms in total. The molecule has 0 amide bonds. The molecule has 0 unspecified atom stereocenters. The second-order valence-electron chi connectivity index (χ2n) is 8.77. The Morgan fingerprint density at radius 1 is 0.741 bits per heavy atom. The van der Waals surface area contributed by atoms with Crippen LogP contribution in [0.3, 0.4) is 0 Å². The van der Waals surface area contributed by atoms with E-state index in [-0.39, 0.29) is 5.82 Å². The number of aryl methyl sites for hydroxylation is 1. The van der Waals surface area contributed by atoms with E-state index in [1.165, 1.54) is 62.5 Å². The van der Waals surface area contributed by atoms with Crippen molar-refractivity contribution in [3.63, 3.8) is 0 Å². The van der Waals surface area contributed by atoms with Crippen LogP contribution in [0.15, 0.2) is 42.5 Å². The van der Waals surface area contributed by atoms with Crippen molar-refractivity contribution in [1.29, 1.82) is 0 Å². The molecule has 2 saturated carbocycles. The molecule has 0 aromatic heterocycles. The summed E-state index contributed by atoms with van der Waals surface area (Å²) in [7, 11) is 0. The third-order valence-electron chi connectivity index (χ3n) is 6.87. The number of hydrogen-bond acceptors (Lipinski definition) is 0. The third kappa shape index (κ3) is 4.28. The monoisotopic (exact) mass is 362 g/mol. The molecule has 2 fully saturated rings. The van der Waals surface area contributed by atoms with Crippen molar-refractivity contribution in [3.05, 3.63) is 71.2 Å². The van der Waals surface area contributed by atoms with Gasteiger partial charge in [-0.1, -0.05) is 48.9 Å². The Morgan fingerprint density at radius 2 is 1.37 bits per heavy atom. The van der Waals surface area contributed by atoms with Crippen LogP contribution in [-0.2, 0) is 0 Å². The van der Waals surface area contributed by atoms with Gasteiger partial charge in [-0.15, -0.1) is 0 Å². The number of rotatable bonds is 3. The van der Waals surface area contributed by atoms with Crippen LogP contribution in [-0.4, -0.2) is 0 Å². The molecule has 0 atom stereocenters. The van der Waals surface area contributed by atoms with E-state index in [1.54, 1.807) is 17.9 Å². The average molecular weight is 363 g/mol. The summed E-state index contributed by atoms with van der Waals surface area (Å²) in [5.74, 6) is 4.78. The van der Waals surface area contributed by atoms with Gasteiger partial charge < -0.3 is 0 Å². The summed E-state index contributed by atoms with van der Waals surface area (Å²) in [5, 5.41) is 0. The van der Waals surface area contributed by atoms with Crippen molar-refractivity contribution in [2.45, 2.75) is 71.1 Å². The minimum atomic E-state index is -0.0792. The van der Waals surface area contributed by atoms with Crippen molar-refractivity contribution in [2.24, 2.45) is 5.92 Å². The highest BCUT2D eigenvalue weighted by molar-refractivity contribution is 5.64. The van der Waals surface area contributed by atoms with Crippen LogP contribution in [0.4, 0.5) is 4.39 Å². The highest BCUT2D eigenvalue weighted by Gasteiger charge is 2.31. The van der Waals surface area contributed by atoms with Gasteiger partial charge in [0, 0.05) is 5.56 Å². The fourth-order valence-corrected chi connectivity index (χ4v) is 5.00. The first-order chi connectivity index (χ1) is 13.1. The van der Waals surface area contributed by atoms with Crippen molar-refractivity contribution < 1.29 is 4.39 Å². The van der Waals surface area contributed by atoms with Crippen LogP contribution in [0.2, 0.25) is 0 Å². The van der Waals surface area contributed by atoms with Gasteiger partial charge in [0.2, 0.25) is 0 Å². The average Bonchev–Trinajstić information content (AvgIpc) is 2.69. The summed E-state index contributed by atoms with van der Waals surface area (Å²) in [5.41, 5.74) is 4.08. The van der Waals surface area contributed by atoms with Gasteiger partial charge in [0.05, 0.1) is 0 Å². The molecule has 2 radical (unpaired) electrons. The van der Waals surface area contributed by atoms with Gasteiger partial charge in [-0.25, -0.2) is 4.39 Å². The normalized spacial score (nSPS) is 20.9. The van der Waals surface area contributed by atoms with Crippen molar-refractivity contribution in [1.82, 2.24) is 0 Å². The fraction of sp³-hybridized carbons (Fsp3) is 0.462. The van der Waals surface area contributed by atoms with Crippen LogP contribution >= 0.6 is 0 Å². The molecule has 2 aliphatic rings. The minimum Gasteiger partial charge on any atom is -0.206 e. The first kappa shape index (κ1) is 18.7. The molecule has 27 heavy (non-hydrogen) atoms.